The molecule has 2 N–H and O–H groups in total. The summed E-state index contributed by atoms with van der Waals surface area (Å²) in [5, 5.41) is 4.23. The van der Waals surface area contributed by atoms with Crippen molar-refractivity contribution in [3.63, 3.8) is 0 Å². The Morgan fingerprint density at radius 1 is 1.30 bits per heavy atom. The van der Waals surface area contributed by atoms with Gasteiger partial charge in [-0.1, -0.05) is 12.1 Å². The van der Waals surface area contributed by atoms with Gasteiger partial charge >= 0.3 is 0 Å². The Labute approximate surface area is 120 Å². The standard InChI is InChI=1S/C15H23N5/c1-4-20-15(17-11-18-20)10-19(12(2)3)9-13-6-5-7-14(16)8-13/h5-8,11-12H,4,9-10,16H2,1-3H3. The molecule has 2 rings (SSSR count). The summed E-state index contributed by atoms with van der Waals surface area (Å²) in [6, 6.07) is 8.48. The van der Waals surface area contributed by atoms with Crippen molar-refractivity contribution in [2.45, 2.75) is 46.4 Å². The van der Waals surface area contributed by atoms with Crippen LogP contribution in [0.15, 0.2) is 30.6 Å². The second-order valence-electron chi connectivity index (χ2n) is 5.24. The molecule has 0 radical (unpaired) electrons. The van der Waals surface area contributed by atoms with E-state index in [-0.39, 0.29) is 0 Å². The maximum absolute atomic E-state index is 5.85. The van der Waals surface area contributed by atoms with E-state index >= 15 is 0 Å². The molecule has 0 saturated heterocycles. The Morgan fingerprint density at radius 3 is 2.75 bits per heavy atom. The van der Waals surface area contributed by atoms with Crippen LogP contribution in [0.5, 0.6) is 0 Å². The van der Waals surface area contributed by atoms with Gasteiger partial charge in [0.1, 0.15) is 12.2 Å². The molecule has 1 heterocycles. The van der Waals surface area contributed by atoms with Crippen LogP contribution in [0.25, 0.3) is 0 Å². The van der Waals surface area contributed by atoms with Gasteiger partial charge < -0.3 is 5.73 Å². The molecule has 0 amide bonds. The molecule has 20 heavy (non-hydrogen) atoms. The van der Waals surface area contributed by atoms with Crippen molar-refractivity contribution in [3.05, 3.63) is 42.0 Å². The largest absolute Gasteiger partial charge is 0.399 e. The molecule has 0 aliphatic carbocycles. The van der Waals surface area contributed by atoms with Crippen molar-refractivity contribution in [2.75, 3.05) is 5.73 Å². The van der Waals surface area contributed by atoms with Gasteiger partial charge in [-0.3, -0.25) is 4.90 Å². The Hall–Kier alpha value is -1.88. The van der Waals surface area contributed by atoms with E-state index in [0.29, 0.717) is 6.04 Å². The van der Waals surface area contributed by atoms with Crippen molar-refractivity contribution in [3.8, 4) is 0 Å². The zero-order chi connectivity index (χ0) is 14.5. The molecular formula is C15H23N5. The first-order chi connectivity index (χ1) is 9.60. The number of anilines is 1. The molecule has 1 aromatic carbocycles. The predicted octanol–water partition coefficient (Wildman–Crippen LogP) is 2.29. The van der Waals surface area contributed by atoms with Gasteiger partial charge in [-0.05, 0) is 38.5 Å². The molecule has 0 bridgehead atoms. The van der Waals surface area contributed by atoms with Crippen molar-refractivity contribution >= 4 is 5.69 Å². The molecule has 0 aliphatic rings. The summed E-state index contributed by atoms with van der Waals surface area (Å²) in [7, 11) is 0. The highest BCUT2D eigenvalue weighted by Crippen LogP contribution is 2.14. The van der Waals surface area contributed by atoms with Crippen LogP contribution in [0.2, 0.25) is 0 Å². The molecule has 0 fully saturated rings. The van der Waals surface area contributed by atoms with E-state index in [2.05, 4.69) is 41.8 Å². The fraction of sp³-hybridized carbons (Fsp3) is 0.467. The molecule has 0 saturated carbocycles. The molecule has 0 spiro atoms. The summed E-state index contributed by atoms with van der Waals surface area (Å²) in [5.74, 6) is 1.00. The summed E-state index contributed by atoms with van der Waals surface area (Å²) in [6.07, 6.45) is 1.62. The van der Waals surface area contributed by atoms with Gasteiger partial charge in [0.25, 0.3) is 0 Å². The van der Waals surface area contributed by atoms with E-state index in [0.717, 1.165) is 31.1 Å². The first-order valence-corrected chi connectivity index (χ1v) is 7.05. The van der Waals surface area contributed by atoms with E-state index in [9.17, 15) is 0 Å². The lowest BCUT2D eigenvalue weighted by Crippen LogP contribution is -2.31. The second kappa shape index (κ2) is 6.52. The van der Waals surface area contributed by atoms with Crippen LogP contribution in [0.4, 0.5) is 5.69 Å². The molecule has 5 heteroatoms. The number of nitrogens with zero attached hydrogens (tertiary/aromatic N) is 4. The number of hydrogen-bond donors (Lipinski definition) is 1. The summed E-state index contributed by atoms with van der Waals surface area (Å²) in [5.41, 5.74) is 7.88. The first kappa shape index (κ1) is 14.5. The van der Waals surface area contributed by atoms with E-state index in [1.807, 2.05) is 22.9 Å². The Kier molecular flexibility index (Phi) is 4.74. The van der Waals surface area contributed by atoms with Crippen LogP contribution in [0, 0.1) is 0 Å². The lowest BCUT2D eigenvalue weighted by molar-refractivity contribution is 0.195. The number of nitrogen functional groups attached to an aromatic ring is 1. The van der Waals surface area contributed by atoms with E-state index < -0.39 is 0 Å². The highest BCUT2D eigenvalue weighted by molar-refractivity contribution is 5.40. The van der Waals surface area contributed by atoms with Gasteiger partial charge in [0, 0.05) is 24.8 Å². The number of aromatic nitrogens is 3. The van der Waals surface area contributed by atoms with Gasteiger partial charge in [-0.25, -0.2) is 9.67 Å². The van der Waals surface area contributed by atoms with E-state index in [4.69, 9.17) is 5.73 Å². The van der Waals surface area contributed by atoms with Crippen LogP contribution in [0.1, 0.15) is 32.2 Å². The molecule has 1 aromatic heterocycles. The minimum atomic E-state index is 0.429. The molecule has 5 nitrogen and oxygen atoms in total. The number of nitrogens with two attached hydrogens (primary N) is 1. The predicted molar refractivity (Wildman–Crippen MR) is 80.9 cm³/mol. The van der Waals surface area contributed by atoms with Crippen LogP contribution in [-0.2, 0) is 19.6 Å². The molecule has 0 atom stereocenters. The first-order valence-electron chi connectivity index (χ1n) is 7.05. The number of aryl methyl sites for hydroxylation is 1. The van der Waals surface area contributed by atoms with Crippen molar-refractivity contribution in [1.82, 2.24) is 19.7 Å². The average Bonchev–Trinajstić information content (AvgIpc) is 2.85. The second-order valence-corrected chi connectivity index (χ2v) is 5.24. The van der Waals surface area contributed by atoms with Gasteiger partial charge in [0.15, 0.2) is 0 Å². The van der Waals surface area contributed by atoms with Crippen LogP contribution < -0.4 is 5.73 Å². The third-order valence-electron chi connectivity index (χ3n) is 3.41. The van der Waals surface area contributed by atoms with E-state index in [1.165, 1.54) is 5.56 Å². The zero-order valence-electron chi connectivity index (χ0n) is 12.5. The molecule has 0 unspecified atom stereocenters. The van der Waals surface area contributed by atoms with E-state index in [1.54, 1.807) is 6.33 Å². The Bertz CT molecular complexity index is 547. The lowest BCUT2D eigenvalue weighted by Gasteiger charge is -2.26. The highest BCUT2D eigenvalue weighted by atomic mass is 15.3. The monoisotopic (exact) mass is 273 g/mol. The van der Waals surface area contributed by atoms with Crippen molar-refractivity contribution in [1.29, 1.82) is 0 Å². The third-order valence-corrected chi connectivity index (χ3v) is 3.41. The van der Waals surface area contributed by atoms with Gasteiger partial charge in [-0.2, -0.15) is 5.10 Å². The fourth-order valence-electron chi connectivity index (χ4n) is 2.20. The molecule has 0 aliphatic heterocycles. The highest BCUT2D eigenvalue weighted by Gasteiger charge is 2.14. The summed E-state index contributed by atoms with van der Waals surface area (Å²) in [6.45, 7) is 8.97. The maximum Gasteiger partial charge on any atom is 0.141 e. The molecule has 108 valence electrons. The SMILES string of the molecule is CCn1ncnc1CN(Cc1cccc(N)c1)C(C)C. The summed E-state index contributed by atoms with van der Waals surface area (Å²) in [4.78, 5) is 6.72. The van der Waals surface area contributed by atoms with Crippen molar-refractivity contribution < 1.29 is 0 Å². The van der Waals surface area contributed by atoms with Gasteiger partial charge in [-0.15, -0.1) is 0 Å². The number of rotatable bonds is 6. The topological polar surface area (TPSA) is 60.0 Å². The van der Waals surface area contributed by atoms with Crippen LogP contribution >= 0.6 is 0 Å². The minimum absolute atomic E-state index is 0.429. The summed E-state index contributed by atoms with van der Waals surface area (Å²) < 4.78 is 1.94. The van der Waals surface area contributed by atoms with Crippen LogP contribution in [0.3, 0.4) is 0 Å². The average molecular weight is 273 g/mol. The lowest BCUT2D eigenvalue weighted by atomic mass is 10.1. The minimum Gasteiger partial charge on any atom is -0.399 e. The zero-order valence-corrected chi connectivity index (χ0v) is 12.5. The van der Waals surface area contributed by atoms with Crippen molar-refractivity contribution in [2.24, 2.45) is 0 Å². The number of hydrogen-bond acceptors (Lipinski definition) is 4. The normalized spacial score (nSPS) is 11.4. The molecule has 2 aromatic rings. The Balaban J connectivity index is 2.11. The van der Waals surface area contributed by atoms with Gasteiger partial charge in [0.2, 0.25) is 0 Å². The fourth-order valence-corrected chi connectivity index (χ4v) is 2.20. The van der Waals surface area contributed by atoms with Gasteiger partial charge in [0.05, 0.1) is 6.54 Å². The Morgan fingerprint density at radius 2 is 2.10 bits per heavy atom. The third kappa shape index (κ3) is 3.57. The maximum atomic E-state index is 5.85. The quantitative estimate of drug-likeness (QED) is 0.820. The molecular weight excluding hydrogens is 250 g/mol. The van der Waals surface area contributed by atoms with Crippen LogP contribution in [-0.4, -0.2) is 25.7 Å². The summed E-state index contributed by atoms with van der Waals surface area (Å²) >= 11 is 0. The number of benzene rings is 1. The smallest absolute Gasteiger partial charge is 0.141 e.